The molecule has 0 saturated carbocycles. The maximum absolute atomic E-state index is 11.7. The van der Waals surface area contributed by atoms with E-state index < -0.39 is 0 Å². The Morgan fingerprint density at radius 2 is 2.25 bits per heavy atom. The average molecular weight is 279 g/mol. The van der Waals surface area contributed by atoms with E-state index in [2.05, 4.69) is 0 Å². The van der Waals surface area contributed by atoms with Crippen LogP contribution in [0.1, 0.15) is 5.56 Å². The van der Waals surface area contributed by atoms with Crippen molar-refractivity contribution in [3.63, 3.8) is 0 Å². The first-order valence-electron chi connectivity index (χ1n) is 6.80. The maximum atomic E-state index is 11.7. The number of aryl methyl sites for hydroxylation is 1. The summed E-state index contributed by atoms with van der Waals surface area (Å²) >= 11 is 0. The summed E-state index contributed by atoms with van der Waals surface area (Å²) in [5, 5.41) is 0. The molecule has 0 radical (unpaired) electrons. The highest BCUT2D eigenvalue weighted by molar-refractivity contribution is 5.75. The first kappa shape index (κ1) is 14.8. The molecule has 1 aliphatic rings. The lowest BCUT2D eigenvalue weighted by Gasteiger charge is -2.33. The minimum absolute atomic E-state index is 0.249. The molecule has 20 heavy (non-hydrogen) atoms. The second kappa shape index (κ2) is 7.26. The Kier molecular flexibility index (Phi) is 5.38. The predicted molar refractivity (Wildman–Crippen MR) is 74.9 cm³/mol. The first-order valence-corrected chi connectivity index (χ1v) is 6.80. The van der Waals surface area contributed by atoms with Crippen molar-refractivity contribution < 1.29 is 19.0 Å². The number of rotatable bonds is 5. The Balaban J connectivity index is 1.85. The van der Waals surface area contributed by atoms with Crippen molar-refractivity contribution in [3.8, 4) is 5.75 Å². The molecule has 0 N–H and O–H groups in total. The molecule has 0 amide bonds. The van der Waals surface area contributed by atoms with E-state index >= 15 is 0 Å². The predicted octanol–water partition coefficient (Wildman–Crippen LogP) is 1.25. The quantitative estimate of drug-likeness (QED) is 0.759. The molecular formula is C15H21NO4. The third-order valence-corrected chi connectivity index (χ3v) is 3.44. The molecule has 1 aliphatic heterocycles. The van der Waals surface area contributed by atoms with Crippen LogP contribution in [0.15, 0.2) is 24.3 Å². The number of carbonyl (C=O) groups excluding carboxylic acids is 1. The average Bonchev–Trinajstić information content (AvgIpc) is 2.49. The fourth-order valence-electron chi connectivity index (χ4n) is 2.25. The van der Waals surface area contributed by atoms with Crippen molar-refractivity contribution in [3.05, 3.63) is 29.8 Å². The normalized spacial score (nSPS) is 19.6. The Labute approximate surface area is 119 Å². The number of morpholine rings is 1. The van der Waals surface area contributed by atoms with E-state index in [1.807, 2.05) is 36.1 Å². The number of para-hydroxylation sites is 1. The topological polar surface area (TPSA) is 48.0 Å². The van der Waals surface area contributed by atoms with Gasteiger partial charge in [-0.2, -0.15) is 0 Å². The number of benzene rings is 1. The Hall–Kier alpha value is -1.59. The summed E-state index contributed by atoms with van der Waals surface area (Å²) in [6, 6.07) is 7.58. The zero-order valence-electron chi connectivity index (χ0n) is 12.0. The van der Waals surface area contributed by atoms with Crippen molar-refractivity contribution in [2.45, 2.75) is 13.0 Å². The lowest BCUT2D eigenvalue weighted by Crippen LogP contribution is -2.51. The first-order chi connectivity index (χ1) is 9.72. The molecule has 0 aromatic heterocycles. The van der Waals surface area contributed by atoms with Crippen LogP contribution < -0.4 is 4.74 Å². The molecule has 1 aromatic carbocycles. The lowest BCUT2D eigenvalue weighted by atomic mass is 10.2. The number of carbonyl (C=O) groups is 1. The third-order valence-electron chi connectivity index (χ3n) is 3.44. The molecule has 5 nitrogen and oxygen atoms in total. The van der Waals surface area contributed by atoms with E-state index in [0.29, 0.717) is 26.4 Å². The van der Waals surface area contributed by atoms with Gasteiger partial charge < -0.3 is 14.2 Å². The van der Waals surface area contributed by atoms with E-state index in [1.54, 1.807) is 0 Å². The van der Waals surface area contributed by atoms with Crippen molar-refractivity contribution in [2.75, 3.05) is 40.0 Å². The van der Waals surface area contributed by atoms with Crippen molar-refractivity contribution >= 4 is 5.97 Å². The largest absolute Gasteiger partial charge is 0.492 e. The van der Waals surface area contributed by atoms with Crippen molar-refractivity contribution in [1.29, 1.82) is 0 Å². The van der Waals surface area contributed by atoms with Gasteiger partial charge in [-0.25, -0.2) is 0 Å². The number of esters is 1. The van der Waals surface area contributed by atoms with Crippen LogP contribution in [0.2, 0.25) is 0 Å². The molecule has 1 fully saturated rings. The standard InChI is InChI=1S/C15H21NO4/c1-12-5-3-4-6-14(12)20-10-8-16-7-9-19-11-13(16)15(17)18-2/h3-6,13H,7-11H2,1-2H3. The Morgan fingerprint density at radius 3 is 3.00 bits per heavy atom. The van der Waals surface area contributed by atoms with Gasteiger partial charge in [-0.05, 0) is 18.6 Å². The molecule has 1 heterocycles. The van der Waals surface area contributed by atoms with Gasteiger partial charge in [0.05, 0.1) is 20.3 Å². The maximum Gasteiger partial charge on any atom is 0.325 e. The van der Waals surface area contributed by atoms with Gasteiger partial charge in [-0.3, -0.25) is 9.69 Å². The Bertz CT molecular complexity index is 449. The number of hydrogen-bond donors (Lipinski definition) is 0. The SMILES string of the molecule is COC(=O)C1COCCN1CCOc1ccccc1C. The fraction of sp³-hybridized carbons (Fsp3) is 0.533. The van der Waals surface area contributed by atoms with Gasteiger partial charge in [0, 0.05) is 13.1 Å². The Morgan fingerprint density at radius 1 is 1.45 bits per heavy atom. The lowest BCUT2D eigenvalue weighted by molar-refractivity contribution is -0.153. The minimum atomic E-state index is -0.325. The van der Waals surface area contributed by atoms with Crippen LogP contribution >= 0.6 is 0 Å². The van der Waals surface area contributed by atoms with Crippen LogP contribution in [0.3, 0.4) is 0 Å². The van der Waals surface area contributed by atoms with E-state index in [-0.39, 0.29) is 12.0 Å². The van der Waals surface area contributed by atoms with Gasteiger partial charge in [-0.15, -0.1) is 0 Å². The summed E-state index contributed by atoms with van der Waals surface area (Å²) in [7, 11) is 1.40. The zero-order chi connectivity index (χ0) is 14.4. The van der Waals surface area contributed by atoms with E-state index in [1.165, 1.54) is 7.11 Å². The van der Waals surface area contributed by atoms with E-state index in [4.69, 9.17) is 14.2 Å². The van der Waals surface area contributed by atoms with Crippen molar-refractivity contribution in [2.24, 2.45) is 0 Å². The van der Waals surface area contributed by atoms with Gasteiger partial charge in [0.1, 0.15) is 18.4 Å². The molecule has 0 aliphatic carbocycles. The second-order valence-corrected chi connectivity index (χ2v) is 4.76. The van der Waals surface area contributed by atoms with Gasteiger partial charge in [0.25, 0.3) is 0 Å². The highest BCUT2D eigenvalue weighted by Crippen LogP contribution is 2.16. The van der Waals surface area contributed by atoms with Gasteiger partial charge in [0.2, 0.25) is 0 Å². The summed E-state index contributed by atoms with van der Waals surface area (Å²) in [6.07, 6.45) is 0. The smallest absolute Gasteiger partial charge is 0.325 e. The summed E-state index contributed by atoms with van der Waals surface area (Å²) in [5.41, 5.74) is 1.11. The number of hydrogen-bond acceptors (Lipinski definition) is 5. The minimum Gasteiger partial charge on any atom is -0.492 e. The summed E-state index contributed by atoms with van der Waals surface area (Å²) in [6.45, 7) is 4.98. The fourth-order valence-corrected chi connectivity index (χ4v) is 2.25. The molecule has 1 aromatic rings. The highest BCUT2D eigenvalue weighted by atomic mass is 16.5. The van der Waals surface area contributed by atoms with Gasteiger partial charge in [-0.1, -0.05) is 18.2 Å². The second-order valence-electron chi connectivity index (χ2n) is 4.76. The van der Waals surface area contributed by atoms with Crippen LogP contribution in [0, 0.1) is 6.92 Å². The summed E-state index contributed by atoms with van der Waals surface area (Å²) in [4.78, 5) is 13.7. The third kappa shape index (κ3) is 3.71. The van der Waals surface area contributed by atoms with E-state index in [9.17, 15) is 4.79 Å². The molecule has 0 spiro atoms. The molecule has 1 saturated heterocycles. The summed E-state index contributed by atoms with van der Waals surface area (Å²) < 4.78 is 15.9. The molecule has 5 heteroatoms. The van der Waals surface area contributed by atoms with Crippen LogP contribution in [0.5, 0.6) is 5.75 Å². The summed E-state index contributed by atoms with van der Waals surface area (Å²) in [5.74, 6) is 0.635. The highest BCUT2D eigenvalue weighted by Gasteiger charge is 2.29. The van der Waals surface area contributed by atoms with Crippen LogP contribution in [-0.4, -0.2) is 56.9 Å². The number of nitrogens with zero attached hydrogens (tertiary/aromatic N) is 1. The van der Waals surface area contributed by atoms with E-state index in [0.717, 1.165) is 17.9 Å². The molecule has 1 atom stereocenters. The van der Waals surface area contributed by atoms with Gasteiger partial charge in [0.15, 0.2) is 0 Å². The molecule has 0 bridgehead atoms. The van der Waals surface area contributed by atoms with Crippen molar-refractivity contribution in [1.82, 2.24) is 4.90 Å². The van der Waals surface area contributed by atoms with Gasteiger partial charge >= 0.3 is 5.97 Å². The monoisotopic (exact) mass is 279 g/mol. The molecule has 2 rings (SSSR count). The number of ether oxygens (including phenoxy) is 3. The molecular weight excluding hydrogens is 258 g/mol. The zero-order valence-corrected chi connectivity index (χ0v) is 12.0. The van der Waals surface area contributed by atoms with Crippen LogP contribution in [0.4, 0.5) is 0 Å². The molecule has 110 valence electrons. The van der Waals surface area contributed by atoms with Crippen LogP contribution in [0.25, 0.3) is 0 Å². The molecule has 1 unspecified atom stereocenters. The van der Waals surface area contributed by atoms with Crippen LogP contribution in [-0.2, 0) is 14.3 Å². The number of methoxy groups -OCH3 is 1.